The van der Waals surface area contributed by atoms with E-state index < -0.39 is 5.82 Å². The second-order valence-electron chi connectivity index (χ2n) is 5.78. The van der Waals surface area contributed by atoms with Gasteiger partial charge in [-0.3, -0.25) is 9.69 Å². The molecule has 0 radical (unpaired) electrons. The summed E-state index contributed by atoms with van der Waals surface area (Å²) in [7, 11) is 0. The van der Waals surface area contributed by atoms with E-state index in [1.54, 1.807) is 23.1 Å². The molecular formula is C18H17ClF2N2O. The van der Waals surface area contributed by atoms with Gasteiger partial charge in [0.05, 0.1) is 5.56 Å². The van der Waals surface area contributed by atoms with Crippen LogP contribution in [0, 0.1) is 11.6 Å². The third kappa shape index (κ3) is 3.74. The van der Waals surface area contributed by atoms with E-state index in [1.165, 1.54) is 24.3 Å². The first-order valence-electron chi connectivity index (χ1n) is 7.74. The molecule has 1 heterocycles. The van der Waals surface area contributed by atoms with Crippen LogP contribution in [0.4, 0.5) is 8.78 Å². The minimum atomic E-state index is -0.497. The largest absolute Gasteiger partial charge is 0.336 e. The van der Waals surface area contributed by atoms with Gasteiger partial charge >= 0.3 is 0 Å². The Balaban J connectivity index is 1.60. The number of hydrogen-bond donors (Lipinski definition) is 0. The molecule has 0 saturated carbocycles. The van der Waals surface area contributed by atoms with E-state index in [0.717, 1.165) is 5.56 Å². The van der Waals surface area contributed by atoms with Crippen molar-refractivity contribution in [3.63, 3.8) is 0 Å². The zero-order valence-electron chi connectivity index (χ0n) is 13.0. The molecular weight excluding hydrogens is 334 g/mol. The highest BCUT2D eigenvalue weighted by atomic mass is 35.5. The van der Waals surface area contributed by atoms with E-state index in [2.05, 4.69) is 4.90 Å². The standard InChI is InChI=1S/C18H17ClF2N2O/c19-16-11-14(20)6-5-13(16)12-22-7-9-23(10-8-22)18(24)15-3-1-2-4-17(15)21/h1-6,11H,7-10,12H2. The van der Waals surface area contributed by atoms with Gasteiger partial charge in [-0.05, 0) is 29.8 Å². The molecule has 6 heteroatoms. The Morgan fingerprint density at radius 3 is 2.42 bits per heavy atom. The van der Waals surface area contributed by atoms with Crippen LogP contribution in [0.25, 0.3) is 0 Å². The van der Waals surface area contributed by atoms with Gasteiger partial charge in [-0.25, -0.2) is 8.78 Å². The number of benzene rings is 2. The van der Waals surface area contributed by atoms with E-state index in [0.29, 0.717) is 37.7 Å². The lowest BCUT2D eigenvalue weighted by Gasteiger charge is -2.35. The quantitative estimate of drug-likeness (QED) is 0.844. The average molecular weight is 351 g/mol. The third-order valence-electron chi connectivity index (χ3n) is 4.17. The van der Waals surface area contributed by atoms with E-state index >= 15 is 0 Å². The Kier molecular flexibility index (Phi) is 5.11. The van der Waals surface area contributed by atoms with Crippen molar-refractivity contribution in [3.8, 4) is 0 Å². The van der Waals surface area contributed by atoms with Crippen LogP contribution < -0.4 is 0 Å². The first-order valence-corrected chi connectivity index (χ1v) is 8.12. The summed E-state index contributed by atoms with van der Waals surface area (Å²) < 4.78 is 26.8. The van der Waals surface area contributed by atoms with Crippen LogP contribution in [0.15, 0.2) is 42.5 Å². The lowest BCUT2D eigenvalue weighted by atomic mass is 10.1. The summed E-state index contributed by atoms with van der Waals surface area (Å²) in [6, 6.07) is 10.4. The fourth-order valence-corrected chi connectivity index (χ4v) is 3.03. The van der Waals surface area contributed by atoms with Crippen LogP contribution in [-0.2, 0) is 6.54 Å². The molecule has 126 valence electrons. The number of amides is 1. The molecule has 1 aliphatic heterocycles. The highest BCUT2D eigenvalue weighted by molar-refractivity contribution is 6.31. The lowest BCUT2D eigenvalue weighted by Crippen LogP contribution is -2.48. The Labute approximate surface area is 144 Å². The fraction of sp³-hybridized carbons (Fsp3) is 0.278. The molecule has 0 atom stereocenters. The van der Waals surface area contributed by atoms with Crippen LogP contribution in [0.1, 0.15) is 15.9 Å². The van der Waals surface area contributed by atoms with E-state index in [4.69, 9.17) is 11.6 Å². The summed E-state index contributed by atoms with van der Waals surface area (Å²) in [6.07, 6.45) is 0. The Morgan fingerprint density at radius 2 is 1.75 bits per heavy atom. The van der Waals surface area contributed by atoms with Crippen molar-refractivity contribution < 1.29 is 13.6 Å². The van der Waals surface area contributed by atoms with Crippen LogP contribution in [0.2, 0.25) is 5.02 Å². The smallest absolute Gasteiger partial charge is 0.256 e. The van der Waals surface area contributed by atoms with Crippen molar-refractivity contribution in [2.75, 3.05) is 26.2 Å². The monoisotopic (exact) mass is 350 g/mol. The first kappa shape index (κ1) is 16.9. The van der Waals surface area contributed by atoms with Crippen molar-refractivity contribution in [1.29, 1.82) is 0 Å². The lowest BCUT2D eigenvalue weighted by molar-refractivity contribution is 0.0624. The molecule has 0 N–H and O–H groups in total. The van der Waals surface area contributed by atoms with Gasteiger partial charge in [-0.15, -0.1) is 0 Å². The summed E-state index contributed by atoms with van der Waals surface area (Å²) >= 11 is 6.05. The topological polar surface area (TPSA) is 23.6 Å². The zero-order chi connectivity index (χ0) is 17.1. The zero-order valence-corrected chi connectivity index (χ0v) is 13.8. The van der Waals surface area contributed by atoms with E-state index in [9.17, 15) is 13.6 Å². The number of carbonyl (C=O) groups is 1. The molecule has 3 rings (SSSR count). The maximum absolute atomic E-state index is 13.7. The number of rotatable bonds is 3. The number of halogens is 3. The Morgan fingerprint density at radius 1 is 1.04 bits per heavy atom. The van der Waals surface area contributed by atoms with Gasteiger partial charge in [-0.1, -0.05) is 29.8 Å². The van der Waals surface area contributed by atoms with Crippen molar-refractivity contribution in [1.82, 2.24) is 9.80 Å². The van der Waals surface area contributed by atoms with Gasteiger partial charge in [0.1, 0.15) is 11.6 Å². The predicted octanol–water partition coefficient (Wildman–Crippen LogP) is 3.58. The fourth-order valence-electron chi connectivity index (χ4n) is 2.80. The van der Waals surface area contributed by atoms with E-state index in [1.807, 2.05) is 0 Å². The normalized spacial score (nSPS) is 15.5. The highest BCUT2D eigenvalue weighted by Crippen LogP contribution is 2.20. The minimum Gasteiger partial charge on any atom is -0.336 e. The molecule has 1 saturated heterocycles. The maximum atomic E-state index is 13.7. The molecule has 1 fully saturated rings. The summed E-state index contributed by atoms with van der Waals surface area (Å²) in [5.74, 6) is -1.14. The molecule has 0 spiro atoms. The molecule has 2 aromatic rings. The maximum Gasteiger partial charge on any atom is 0.256 e. The summed E-state index contributed by atoms with van der Waals surface area (Å²) in [4.78, 5) is 16.2. The van der Waals surface area contributed by atoms with Crippen LogP contribution in [0.5, 0.6) is 0 Å². The minimum absolute atomic E-state index is 0.104. The van der Waals surface area contributed by atoms with Gasteiger partial charge in [0, 0.05) is 37.7 Å². The van der Waals surface area contributed by atoms with Gasteiger partial charge < -0.3 is 4.90 Å². The van der Waals surface area contributed by atoms with Crippen molar-refractivity contribution >= 4 is 17.5 Å². The second kappa shape index (κ2) is 7.28. The molecule has 0 bridgehead atoms. The van der Waals surface area contributed by atoms with Crippen molar-refractivity contribution in [2.24, 2.45) is 0 Å². The first-order chi connectivity index (χ1) is 11.5. The van der Waals surface area contributed by atoms with Crippen LogP contribution in [-0.4, -0.2) is 41.9 Å². The molecule has 1 amide bonds. The van der Waals surface area contributed by atoms with Gasteiger partial charge in [0.15, 0.2) is 0 Å². The second-order valence-corrected chi connectivity index (χ2v) is 6.19. The van der Waals surface area contributed by atoms with E-state index in [-0.39, 0.29) is 17.3 Å². The number of piperazine rings is 1. The molecule has 3 nitrogen and oxygen atoms in total. The number of carbonyl (C=O) groups excluding carboxylic acids is 1. The molecule has 2 aromatic carbocycles. The Hall–Kier alpha value is -1.98. The molecule has 1 aliphatic rings. The van der Waals surface area contributed by atoms with Crippen molar-refractivity contribution in [3.05, 3.63) is 70.2 Å². The van der Waals surface area contributed by atoms with Gasteiger partial charge in [0.2, 0.25) is 0 Å². The summed E-state index contributed by atoms with van der Waals surface area (Å²) in [5, 5.41) is 0.403. The molecule has 24 heavy (non-hydrogen) atoms. The van der Waals surface area contributed by atoms with Crippen molar-refractivity contribution in [2.45, 2.75) is 6.54 Å². The average Bonchev–Trinajstić information content (AvgIpc) is 2.58. The predicted molar refractivity (Wildman–Crippen MR) is 89.0 cm³/mol. The van der Waals surface area contributed by atoms with Crippen LogP contribution in [0.3, 0.4) is 0 Å². The summed E-state index contributed by atoms with van der Waals surface area (Å²) in [5.41, 5.74) is 0.958. The SMILES string of the molecule is O=C(c1ccccc1F)N1CCN(Cc2ccc(F)cc2Cl)CC1. The summed E-state index contributed by atoms with van der Waals surface area (Å²) in [6.45, 7) is 2.96. The molecule has 0 unspecified atom stereocenters. The highest BCUT2D eigenvalue weighted by Gasteiger charge is 2.24. The number of nitrogens with zero attached hydrogens (tertiary/aromatic N) is 2. The molecule has 0 aliphatic carbocycles. The number of hydrogen-bond acceptors (Lipinski definition) is 2. The van der Waals surface area contributed by atoms with Gasteiger partial charge in [0.25, 0.3) is 5.91 Å². The Bertz CT molecular complexity index is 746. The molecule has 0 aromatic heterocycles. The third-order valence-corrected chi connectivity index (χ3v) is 4.52. The van der Waals surface area contributed by atoms with Crippen LogP contribution >= 0.6 is 11.6 Å². The van der Waals surface area contributed by atoms with Gasteiger partial charge in [-0.2, -0.15) is 0 Å².